The van der Waals surface area contributed by atoms with Crippen molar-refractivity contribution in [3.63, 3.8) is 0 Å². The van der Waals surface area contributed by atoms with Crippen molar-refractivity contribution < 1.29 is 18.0 Å². The molecule has 0 atom stereocenters. The summed E-state index contributed by atoms with van der Waals surface area (Å²) in [5, 5.41) is 7.00. The van der Waals surface area contributed by atoms with E-state index in [0.717, 1.165) is 16.8 Å². The van der Waals surface area contributed by atoms with E-state index in [4.69, 9.17) is 5.73 Å². The zero-order chi connectivity index (χ0) is 15.2. The van der Waals surface area contributed by atoms with Crippen LogP contribution in [0, 0.1) is 0 Å². The first kappa shape index (κ1) is 13.5. The van der Waals surface area contributed by atoms with Gasteiger partial charge in [0.1, 0.15) is 5.82 Å². The minimum absolute atomic E-state index is 0.310. The number of anilines is 1. The molecule has 2 heterocycles. The van der Waals surface area contributed by atoms with Crippen LogP contribution in [0.1, 0.15) is 11.1 Å². The molecule has 5 nitrogen and oxygen atoms in total. The van der Waals surface area contributed by atoms with Crippen LogP contribution in [-0.4, -0.2) is 22.4 Å². The number of hydrogen-bond acceptors (Lipinski definition) is 3. The Morgan fingerprint density at radius 3 is 2.81 bits per heavy atom. The molecule has 0 unspecified atom stereocenters. The number of nitrogens with two attached hydrogens (primary N) is 1. The predicted molar refractivity (Wildman–Crippen MR) is 69.8 cm³/mol. The number of fused-ring (bicyclic) bond motifs is 1. The van der Waals surface area contributed by atoms with Crippen molar-refractivity contribution >= 4 is 11.8 Å². The van der Waals surface area contributed by atoms with Gasteiger partial charge in [-0.1, -0.05) is 12.1 Å². The Morgan fingerprint density at radius 2 is 2.14 bits per heavy atom. The number of alkyl halides is 3. The third-order valence-corrected chi connectivity index (χ3v) is 3.32. The summed E-state index contributed by atoms with van der Waals surface area (Å²) < 4.78 is 39.3. The maximum absolute atomic E-state index is 12.8. The molecule has 1 aromatic carbocycles. The molecule has 8 heteroatoms. The molecule has 0 saturated heterocycles. The van der Waals surface area contributed by atoms with Gasteiger partial charge in [0.05, 0.1) is 11.3 Å². The lowest BCUT2D eigenvalue weighted by Crippen LogP contribution is -2.22. The second kappa shape index (κ2) is 4.51. The van der Waals surface area contributed by atoms with Gasteiger partial charge in [-0.25, -0.2) is 4.79 Å². The standard InChI is InChI=1S/C13H11F3N4O/c14-13(15,16)8-3-1-2-7(6-8)10-9-4-5-18-11(9)20(19-10)12(17)21/h1-3,6,18H,4-5H2,(H2,17,21). The number of benzene rings is 1. The predicted octanol–water partition coefficient (Wildman–Crippen LogP) is 2.46. The maximum Gasteiger partial charge on any atom is 0.416 e. The molecule has 0 radical (unpaired) electrons. The Hall–Kier alpha value is -2.51. The minimum atomic E-state index is -4.43. The summed E-state index contributed by atoms with van der Waals surface area (Å²) >= 11 is 0. The normalized spacial score (nSPS) is 13.9. The van der Waals surface area contributed by atoms with Crippen LogP contribution in [0.15, 0.2) is 24.3 Å². The van der Waals surface area contributed by atoms with Crippen molar-refractivity contribution in [2.24, 2.45) is 5.73 Å². The highest BCUT2D eigenvalue weighted by Gasteiger charge is 2.31. The van der Waals surface area contributed by atoms with Gasteiger partial charge in [-0.05, 0) is 18.6 Å². The third kappa shape index (κ3) is 2.22. The Balaban J connectivity index is 2.14. The summed E-state index contributed by atoms with van der Waals surface area (Å²) in [6, 6.07) is 4.08. The van der Waals surface area contributed by atoms with Crippen LogP contribution in [0.4, 0.5) is 23.8 Å². The monoisotopic (exact) mass is 296 g/mol. The van der Waals surface area contributed by atoms with Crippen LogP contribution in [-0.2, 0) is 12.6 Å². The second-order valence-corrected chi connectivity index (χ2v) is 4.68. The van der Waals surface area contributed by atoms with Gasteiger partial charge in [0.2, 0.25) is 0 Å². The summed E-state index contributed by atoms with van der Waals surface area (Å²) in [6.07, 6.45) is -3.85. The molecule has 21 heavy (non-hydrogen) atoms. The summed E-state index contributed by atoms with van der Waals surface area (Å²) in [7, 11) is 0. The van der Waals surface area contributed by atoms with Crippen LogP contribution in [0.5, 0.6) is 0 Å². The van der Waals surface area contributed by atoms with E-state index in [1.807, 2.05) is 0 Å². The Bertz CT molecular complexity index is 721. The maximum atomic E-state index is 12.8. The molecular weight excluding hydrogens is 285 g/mol. The van der Waals surface area contributed by atoms with Crippen LogP contribution in [0.25, 0.3) is 11.3 Å². The Kier molecular flexibility index (Phi) is 2.89. The number of nitrogens with one attached hydrogen (secondary N) is 1. The van der Waals surface area contributed by atoms with Crippen LogP contribution in [0.2, 0.25) is 0 Å². The van der Waals surface area contributed by atoms with Crippen molar-refractivity contribution in [2.75, 3.05) is 11.9 Å². The largest absolute Gasteiger partial charge is 0.416 e. The summed E-state index contributed by atoms with van der Waals surface area (Å²) in [4.78, 5) is 11.3. The number of rotatable bonds is 1. The molecule has 3 rings (SSSR count). The number of carbonyl (C=O) groups excluding carboxylic acids is 1. The molecule has 0 saturated carbocycles. The van der Waals surface area contributed by atoms with E-state index >= 15 is 0 Å². The van der Waals surface area contributed by atoms with Gasteiger partial charge < -0.3 is 11.1 Å². The Labute approximate surface area is 117 Å². The average Bonchev–Trinajstić information content (AvgIpc) is 2.98. The molecule has 110 valence electrons. The first-order valence-electron chi connectivity index (χ1n) is 6.21. The molecule has 1 aliphatic heterocycles. The number of aromatic nitrogens is 2. The van der Waals surface area contributed by atoms with Gasteiger partial charge in [0.15, 0.2) is 0 Å². The lowest BCUT2D eigenvalue weighted by Gasteiger charge is -2.08. The van der Waals surface area contributed by atoms with Crippen molar-refractivity contribution in [1.82, 2.24) is 9.78 Å². The highest BCUT2D eigenvalue weighted by molar-refractivity contribution is 5.83. The van der Waals surface area contributed by atoms with Crippen LogP contribution >= 0.6 is 0 Å². The fraction of sp³-hybridized carbons (Fsp3) is 0.231. The smallest absolute Gasteiger partial charge is 0.369 e. The highest BCUT2D eigenvalue weighted by Crippen LogP contribution is 2.36. The number of amides is 1. The van der Waals surface area contributed by atoms with Gasteiger partial charge >= 0.3 is 12.2 Å². The molecule has 0 bridgehead atoms. The van der Waals surface area contributed by atoms with Crippen molar-refractivity contribution in [2.45, 2.75) is 12.6 Å². The van der Waals surface area contributed by atoms with E-state index in [2.05, 4.69) is 10.4 Å². The van der Waals surface area contributed by atoms with Crippen molar-refractivity contribution in [3.8, 4) is 11.3 Å². The minimum Gasteiger partial charge on any atom is -0.369 e. The molecule has 0 spiro atoms. The zero-order valence-electron chi connectivity index (χ0n) is 10.7. The third-order valence-electron chi connectivity index (χ3n) is 3.32. The summed E-state index contributed by atoms with van der Waals surface area (Å²) in [5.41, 5.74) is 5.82. The van der Waals surface area contributed by atoms with E-state index in [1.54, 1.807) is 0 Å². The zero-order valence-corrected chi connectivity index (χ0v) is 10.7. The van der Waals surface area contributed by atoms with Crippen LogP contribution < -0.4 is 11.1 Å². The van der Waals surface area contributed by atoms with Crippen LogP contribution in [0.3, 0.4) is 0 Å². The molecule has 0 fully saturated rings. The van der Waals surface area contributed by atoms with Crippen molar-refractivity contribution in [1.29, 1.82) is 0 Å². The quantitative estimate of drug-likeness (QED) is 0.849. The topological polar surface area (TPSA) is 72.9 Å². The first-order chi connectivity index (χ1) is 9.88. The van der Waals surface area contributed by atoms with Gasteiger partial charge in [-0.15, -0.1) is 0 Å². The number of carbonyl (C=O) groups is 1. The number of primary amides is 1. The fourth-order valence-electron chi connectivity index (χ4n) is 2.41. The number of nitrogens with zero attached hydrogens (tertiary/aromatic N) is 2. The van der Waals surface area contributed by atoms with E-state index < -0.39 is 17.8 Å². The Morgan fingerprint density at radius 1 is 1.38 bits per heavy atom. The number of halogens is 3. The van der Waals surface area contributed by atoms with Gasteiger partial charge in [-0.3, -0.25) is 0 Å². The molecule has 0 aliphatic carbocycles. The molecule has 2 aromatic rings. The number of hydrogen-bond donors (Lipinski definition) is 2. The molecule has 3 N–H and O–H groups in total. The first-order valence-corrected chi connectivity index (χ1v) is 6.21. The van der Waals surface area contributed by atoms with E-state index in [1.165, 1.54) is 12.1 Å². The van der Waals surface area contributed by atoms with Gasteiger partial charge in [0.25, 0.3) is 0 Å². The summed E-state index contributed by atoms with van der Waals surface area (Å²) in [6.45, 7) is 0.590. The SMILES string of the molecule is NC(=O)n1nc(-c2cccc(C(F)(F)F)c2)c2c1NCC2. The summed E-state index contributed by atoms with van der Waals surface area (Å²) in [5.74, 6) is 0.454. The molecular formula is C13H11F3N4O. The lowest BCUT2D eigenvalue weighted by atomic mass is 10.0. The second-order valence-electron chi connectivity index (χ2n) is 4.68. The van der Waals surface area contributed by atoms with E-state index in [0.29, 0.717) is 35.6 Å². The molecule has 1 aliphatic rings. The van der Waals surface area contributed by atoms with E-state index in [-0.39, 0.29) is 0 Å². The molecule has 1 amide bonds. The van der Waals surface area contributed by atoms with Crippen molar-refractivity contribution in [3.05, 3.63) is 35.4 Å². The molecule has 1 aromatic heterocycles. The van der Waals surface area contributed by atoms with Gasteiger partial charge in [0, 0.05) is 17.7 Å². The van der Waals surface area contributed by atoms with E-state index in [9.17, 15) is 18.0 Å². The average molecular weight is 296 g/mol. The fourth-order valence-corrected chi connectivity index (χ4v) is 2.41. The highest BCUT2D eigenvalue weighted by atomic mass is 19.4. The van der Waals surface area contributed by atoms with Gasteiger partial charge in [-0.2, -0.15) is 23.0 Å². The lowest BCUT2D eigenvalue weighted by molar-refractivity contribution is -0.137.